The molecule has 1 rings (SSSR count). The van der Waals surface area contributed by atoms with Gasteiger partial charge in [0.25, 0.3) is 0 Å². The van der Waals surface area contributed by atoms with Gasteiger partial charge in [0.15, 0.2) is 0 Å². The van der Waals surface area contributed by atoms with E-state index < -0.39 is 11.8 Å². The molecule has 5 nitrogen and oxygen atoms in total. The van der Waals surface area contributed by atoms with Crippen molar-refractivity contribution in [1.82, 2.24) is 15.1 Å². The van der Waals surface area contributed by atoms with Gasteiger partial charge in [-0.25, -0.2) is 0 Å². The fraction of sp³-hybridized carbons (Fsp3) is 0.818. The van der Waals surface area contributed by atoms with Crippen LogP contribution in [0.5, 0.6) is 0 Å². The normalized spacial score (nSPS) is 18.4. The molecule has 1 aliphatic rings. The molecule has 1 fully saturated rings. The Morgan fingerprint density at radius 2 is 1.56 bits per heavy atom. The van der Waals surface area contributed by atoms with Gasteiger partial charge in [-0.3, -0.25) is 9.59 Å². The van der Waals surface area contributed by atoms with E-state index >= 15 is 0 Å². The Labute approximate surface area is 96.8 Å². The fourth-order valence-corrected chi connectivity index (χ4v) is 1.55. The third-order valence-corrected chi connectivity index (χ3v) is 2.47. The lowest BCUT2D eigenvalue weighted by Gasteiger charge is -2.32. The van der Waals surface area contributed by atoms with E-state index in [2.05, 4.69) is 10.2 Å². The van der Waals surface area contributed by atoms with Crippen LogP contribution in [-0.4, -0.2) is 60.4 Å². The summed E-state index contributed by atoms with van der Waals surface area (Å²) in [6.45, 7) is 8.51. The number of likely N-dealkylation sites (N-methyl/N-ethyl adjacent to an activating group) is 1. The first-order chi connectivity index (χ1) is 7.29. The van der Waals surface area contributed by atoms with Crippen LogP contribution in [0.3, 0.4) is 0 Å². The number of carbonyl (C=O) groups excluding carboxylic acids is 2. The second-order valence-corrected chi connectivity index (χ2v) is 5.30. The first-order valence-electron chi connectivity index (χ1n) is 5.59. The Hall–Kier alpha value is -1.10. The number of hydrogen-bond donors (Lipinski definition) is 1. The van der Waals surface area contributed by atoms with Crippen molar-refractivity contribution in [2.24, 2.45) is 0 Å². The monoisotopic (exact) mass is 227 g/mol. The number of rotatable bonds is 0. The topological polar surface area (TPSA) is 52.7 Å². The molecule has 0 saturated carbocycles. The maximum Gasteiger partial charge on any atom is 0.311 e. The Kier molecular flexibility index (Phi) is 3.91. The van der Waals surface area contributed by atoms with Gasteiger partial charge in [-0.2, -0.15) is 0 Å². The van der Waals surface area contributed by atoms with Crippen molar-refractivity contribution in [1.29, 1.82) is 0 Å². The fourth-order valence-electron chi connectivity index (χ4n) is 1.55. The smallest absolute Gasteiger partial charge is 0.311 e. The molecule has 0 aliphatic carbocycles. The van der Waals surface area contributed by atoms with E-state index in [1.54, 1.807) is 4.90 Å². The minimum Gasteiger partial charge on any atom is -0.343 e. The van der Waals surface area contributed by atoms with Gasteiger partial charge in [0, 0.05) is 31.7 Å². The van der Waals surface area contributed by atoms with Crippen molar-refractivity contribution < 1.29 is 9.59 Å². The molecule has 0 bridgehead atoms. The van der Waals surface area contributed by atoms with E-state index in [1.165, 1.54) is 0 Å². The largest absolute Gasteiger partial charge is 0.343 e. The predicted octanol–water partition coefficient (Wildman–Crippen LogP) is -0.325. The van der Waals surface area contributed by atoms with Gasteiger partial charge in [-0.15, -0.1) is 0 Å². The Morgan fingerprint density at radius 3 is 2.00 bits per heavy atom. The Bertz CT molecular complexity index is 275. The molecule has 16 heavy (non-hydrogen) atoms. The molecular weight excluding hydrogens is 206 g/mol. The summed E-state index contributed by atoms with van der Waals surface area (Å²) in [6.07, 6.45) is 0. The highest BCUT2D eigenvalue weighted by atomic mass is 16.2. The summed E-state index contributed by atoms with van der Waals surface area (Å²) in [5.74, 6) is -0.917. The molecule has 0 aromatic carbocycles. The van der Waals surface area contributed by atoms with Gasteiger partial charge in [0.05, 0.1) is 0 Å². The maximum absolute atomic E-state index is 11.8. The number of piperazine rings is 1. The molecule has 1 saturated heterocycles. The maximum atomic E-state index is 11.8. The number of nitrogens with zero attached hydrogens (tertiary/aromatic N) is 2. The van der Waals surface area contributed by atoms with Crippen LogP contribution in [0.15, 0.2) is 0 Å². The minimum atomic E-state index is -0.503. The van der Waals surface area contributed by atoms with Crippen LogP contribution in [0.25, 0.3) is 0 Å². The lowest BCUT2D eigenvalue weighted by molar-refractivity contribution is -0.147. The quantitative estimate of drug-likeness (QED) is 0.577. The van der Waals surface area contributed by atoms with E-state index in [0.29, 0.717) is 13.1 Å². The molecular formula is C11H21N3O2. The molecule has 0 radical (unpaired) electrons. The second-order valence-electron chi connectivity index (χ2n) is 5.30. The molecule has 1 aliphatic heterocycles. The molecule has 0 aromatic heterocycles. The first-order valence-corrected chi connectivity index (χ1v) is 5.59. The van der Waals surface area contributed by atoms with Gasteiger partial charge in [-0.05, 0) is 27.8 Å². The Morgan fingerprint density at radius 1 is 1.06 bits per heavy atom. The van der Waals surface area contributed by atoms with Gasteiger partial charge >= 0.3 is 11.8 Å². The summed E-state index contributed by atoms with van der Waals surface area (Å²) < 4.78 is 0. The highest BCUT2D eigenvalue weighted by Crippen LogP contribution is 2.02. The van der Waals surface area contributed by atoms with Crippen molar-refractivity contribution in [3.8, 4) is 0 Å². The molecule has 1 heterocycles. The SMILES string of the molecule is CN1CCN(C(=O)C(=O)NC(C)(C)C)CC1. The van der Waals surface area contributed by atoms with Crippen molar-refractivity contribution in [3.05, 3.63) is 0 Å². The third-order valence-electron chi connectivity index (χ3n) is 2.47. The summed E-state index contributed by atoms with van der Waals surface area (Å²) in [5.41, 5.74) is -0.362. The summed E-state index contributed by atoms with van der Waals surface area (Å²) in [4.78, 5) is 27.2. The molecule has 0 aromatic rings. The number of nitrogens with one attached hydrogen (secondary N) is 1. The van der Waals surface area contributed by atoms with E-state index in [1.807, 2.05) is 27.8 Å². The molecule has 2 amide bonds. The molecule has 0 spiro atoms. The van der Waals surface area contributed by atoms with Crippen LogP contribution in [0.1, 0.15) is 20.8 Å². The zero-order valence-electron chi connectivity index (χ0n) is 10.5. The third kappa shape index (κ3) is 3.81. The number of hydrogen-bond acceptors (Lipinski definition) is 3. The number of carbonyl (C=O) groups is 2. The summed E-state index contributed by atoms with van der Waals surface area (Å²) in [5, 5.41) is 2.68. The van der Waals surface area contributed by atoms with Crippen LogP contribution in [0.2, 0.25) is 0 Å². The zero-order chi connectivity index (χ0) is 12.3. The van der Waals surface area contributed by atoms with Crippen molar-refractivity contribution in [2.45, 2.75) is 26.3 Å². The predicted molar refractivity (Wildman–Crippen MR) is 62.0 cm³/mol. The van der Waals surface area contributed by atoms with Crippen LogP contribution in [-0.2, 0) is 9.59 Å². The standard InChI is InChI=1S/C11H21N3O2/c1-11(2,3)12-9(15)10(16)14-7-5-13(4)6-8-14/h5-8H2,1-4H3,(H,12,15). The van der Waals surface area contributed by atoms with E-state index in [0.717, 1.165) is 13.1 Å². The van der Waals surface area contributed by atoms with Crippen molar-refractivity contribution >= 4 is 11.8 Å². The summed E-state index contributed by atoms with van der Waals surface area (Å²) in [6, 6.07) is 0. The first kappa shape index (κ1) is 13.0. The summed E-state index contributed by atoms with van der Waals surface area (Å²) >= 11 is 0. The van der Waals surface area contributed by atoms with Gasteiger partial charge in [-0.1, -0.05) is 0 Å². The minimum absolute atomic E-state index is 0.362. The van der Waals surface area contributed by atoms with Crippen LogP contribution >= 0.6 is 0 Å². The van der Waals surface area contributed by atoms with Gasteiger partial charge < -0.3 is 15.1 Å². The molecule has 5 heteroatoms. The van der Waals surface area contributed by atoms with E-state index in [9.17, 15) is 9.59 Å². The van der Waals surface area contributed by atoms with Gasteiger partial charge in [0.1, 0.15) is 0 Å². The van der Waals surface area contributed by atoms with Crippen LogP contribution < -0.4 is 5.32 Å². The van der Waals surface area contributed by atoms with Crippen molar-refractivity contribution in [2.75, 3.05) is 33.2 Å². The van der Waals surface area contributed by atoms with Crippen molar-refractivity contribution in [3.63, 3.8) is 0 Å². The lowest BCUT2D eigenvalue weighted by atomic mass is 10.1. The molecule has 0 unspecified atom stereocenters. The average Bonchev–Trinajstić information content (AvgIpc) is 2.15. The second kappa shape index (κ2) is 4.82. The molecule has 92 valence electrons. The average molecular weight is 227 g/mol. The van der Waals surface area contributed by atoms with Crippen LogP contribution in [0.4, 0.5) is 0 Å². The summed E-state index contributed by atoms with van der Waals surface area (Å²) in [7, 11) is 2.01. The Balaban J connectivity index is 2.48. The zero-order valence-corrected chi connectivity index (χ0v) is 10.5. The highest BCUT2D eigenvalue weighted by molar-refractivity contribution is 6.35. The van der Waals surface area contributed by atoms with E-state index in [4.69, 9.17) is 0 Å². The molecule has 1 N–H and O–H groups in total. The highest BCUT2D eigenvalue weighted by Gasteiger charge is 2.27. The van der Waals surface area contributed by atoms with E-state index in [-0.39, 0.29) is 5.54 Å². The molecule has 0 atom stereocenters. The number of amides is 2. The van der Waals surface area contributed by atoms with Crippen LogP contribution in [0, 0.1) is 0 Å². The lowest BCUT2D eigenvalue weighted by Crippen LogP contribution is -2.54. The van der Waals surface area contributed by atoms with Gasteiger partial charge in [0.2, 0.25) is 0 Å².